The zero-order chi connectivity index (χ0) is 17.5. The maximum atomic E-state index is 12.0. The van der Waals surface area contributed by atoms with Crippen LogP contribution < -0.4 is 15.4 Å². The average Bonchev–Trinajstić information content (AvgIpc) is 2.44. The fourth-order valence-electron chi connectivity index (χ4n) is 1.95. The van der Waals surface area contributed by atoms with Gasteiger partial charge >= 0.3 is 6.09 Å². The van der Waals surface area contributed by atoms with Crippen LogP contribution in [-0.4, -0.2) is 39.1 Å². The summed E-state index contributed by atoms with van der Waals surface area (Å²) in [6, 6.07) is 5.41. The molecule has 6 nitrogen and oxygen atoms in total. The van der Waals surface area contributed by atoms with Gasteiger partial charge in [-0.05, 0) is 38.8 Å². The van der Waals surface area contributed by atoms with Gasteiger partial charge in [-0.1, -0.05) is 6.92 Å². The van der Waals surface area contributed by atoms with Crippen LogP contribution in [0.5, 0.6) is 5.75 Å². The minimum Gasteiger partial charge on any atom is -0.497 e. The zero-order valence-electron chi connectivity index (χ0n) is 14.9. The third-order valence-electron chi connectivity index (χ3n) is 2.95. The van der Waals surface area contributed by atoms with Gasteiger partial charge < -0.3 is 19.5 Å². The van der Waals surface area contributed by atoms with E-state index in [2.05, 4.69) is 17.6 Å². The summed E-state index contributed by atoms with van der Waals surface area (Å²) >= 11 is 0. The van der Waals surface area contributed by atoms with Crippen molar-refractivity contribution in [3.05, 3.63) is 18.2 Å². The van der Waals surface area contributed by atoms with E-state index in [-0.39, 0.29) is 0 Å². The number of anilines is 2. The molecule has 1 aromatic carbocycles. The van der Waals surface area contributed by atoms with Gasteiger partial charge in [-0.15, -0.1) is 0 Å². The van der Waals surface area contributed by atoms with Crippen LogP contribution in [0.4, 0.5) is 16.2 Å². The van der Waals surface area contributed by atoms with E-state index in [1.807, 2.05) is 26.8 Å². The Bertz CT molecular complexity index is 512. The van der Waals surface area contributed by atoms with E-state index in [1.54, 1.807) is 26.4 Å². The monoisotopic (exact) mass is 324 g/mol. The second-order valence-corrected chi connectivity index (χ2v) is 6.48. The highest BCUT2D eigenvalue weighted by molar-refractivity contribution is 5.90. The molecule has 0 aromatic heterocycles. The molecule has 0 heterocycles. The van der Waals surface area contributed by atoms with Crippen LogP contribution in [0, 0.1) is 5.92 Å². The predicted octanol–water partition coefficient (Wildman–Crippen LogP) is 3.74. The first-order valence-electron chi connectivity index (χ1n) is 7.66. The number of hydrogen-bond donors (Lipinski definition) is 2. The molecule has 0 aliphatic rings. The van der Waals surface area contributed by atoms with Crippen LogP contribution in [0.25, 0.3) is 0 Å². The molecule has 130 valence electrons. The predicted molar refractivity (Wildman–Crippen MR) is 92.4 cm³/mol. The molecule has 1 aromatic rings. The summed E-state index contributed by atoms with van der Waals surface area (Å²) in [5, 5.41) is 6.07. The molecule has 1 amide bonds. The summed E-state index contributed by atoms with van der Waals surface area (Å²) in [6.07, 6.45) is -0.490. The highest BCUT2D eigenvalue weighted by Gasteiger charge is 2.17. The van der Waals surface area contributed by atoms with Crippen molar-refractivity contribution in [1.82, 2.24) is 0 Å². The molecule has 0 saturated carbocycles. The standard InChI is InChI=1S/C17H28N2O4/c1-12(11-21-5)10-18-15-9-13(22-6)7-8-14(15)19-16(20)23-17(2,3)4/h7-9,12,18H,10-11H2,1-6H3,(H,19,20). The molecule has 0 bridgehead atoms. The van der Waals surface area contributed by atoms with Gasteiger partial charge in [0.2, 0.25) is 0 Å². The average molecular weight is 324 g/mol. The molecule has 0 saturated heterocycles. The molecule has 1 atom stereocenters. The van der Waals surface area contributed by atoms with Crippen LogP contribution in [0.3, 0.4) is 0 Å². The first-order valence-corrected chi connectivity index (χ1v) is 7.66. The van der Waals surface area contributed by atoms with Crippen molar-refractivity contribution in [2.75, 3.05) is 38.0 Å². The summed E-state index contributed by atoms with van der Waals surface area (Å²) in [7, 11) is 3.28. The molecule has 2 N–H and O–H groups in total. The topological polar surface area (TPSA) is 68.8 Å². The summed E-state index contributed by atoms with van der Waals surface area (Å²) in [4.78, 5) is 12.0. The fraction of sp³-hybridized carbons (Fsp3) is 0.588. The second kappa shape index (κ2) is 8.62. The lowest BCUT2D eigenvalue weighted by molar-refractivity contribution is 0.0636. The number of amides is 1. The Labute approximate surface area is 138 Å². The third-order valence-corrected chi connectivity index (χ3v) is 2.95. The molecule has 0 aliphatic heterocycles. The second-order valence-electron chi connectivity index (χ2n) is 6.48. The van der Waals surface area contributed by atoms with Crippen molar-refractivity contribution >= 4 is 17.5 Å². The Morgan fingerprint density at radius 3 is 2.48 bits per heavy atom. The van der Waals surface area contributed by atoms with Crippen molar-refractivity contribution in [2.24, 2.45) is 5.92 Å². The van der Waals surface area contributed by atoms with E-state index in [1.165, 1.54) is 0 Å². The van der Waals surface area contributed by atoms with E-state index in [9.17, 15) is 4.79 Å². The number of carbonyl (C=O) groups is 1. The Morgan fingerprint density at radius 2 is 1.91 bits per heavy atom. The lowest BCUT2D eigenvalue weighted by atomic mass is 10.2. The molecule has 6 heteroatoms. The van der Waals surface area contributed by atoms with Gasteiger partial charge in [0.25, 0.3) is 0 Å². The van der Waals surface area contributed by atoms with Gasteiger partial charge in [-0.25, -0.2) is 4.79 Å². The van der Waals surface area contributed by atoms with Crippen molar-refractivity contribution < 1.29 is 19.0 Å². The number of methoxy groups -OCH3 is 2. The smallest absolute Gasteiger partial charge is 0.412 e. The van der Waals surface area contributed by atoms with Gasteiger partial charge in [-0.3, -0.25) is 5.32 Å². The SMILES string of the molecule is COCC(C)CNc1cc(OC)ccc1NC(=O)OC(C)(C)C. The van der Waals surface area contributed by atoms with E-state index in [0.29, 0.717) is 30.5 Å². The molecule has 0 radical (unpaired) electrons. The molecular weight excluding hydrogens is 296 g/mol. The summed E-state index contributed by atoms with van der Waals surface area (Å²) in [5.74, 6) is 1.04. The van der Waals surface area contributed by atoms with Crippen LogP contribution >= 0.6 is 0 Å². The minimum atomic E-state index is -0.545. The highest BCUT2D eigenvalue weighted by atomic mass is 16.6. The maximum Gasteiger partial charge on any atom is 0.412 e. The lowest BCUT2D eigenvalue weighted by Crippen LogP contribution is -2.27. The molecule has 1 rings (SSSR count). The number of carbonyl (C=O) groups excluding carboxylic acids is 1. The first-order chi connectivity index (χ1) is 10.7. The van der Waals surface area contributed by atoms with Gasteiger partial charge in [0.1, 0.15) is 11.4 Å². The fourth-order valence-corrected chi connectivity index (χ4v) is 1.95. The van der Waals surface area contributed by atoms with E-state index < -0.39 is 11.7 Å². The molecule has 0 spiro atoms. The molecule has 1 unspecified atom stereocenters. The number of nitrogens with one attached hydrogen (secondary N) is 2. The zero-order valence-corrected chi connectivity index (χ0v) is 14.9. The summed E-state index contributed by atoms with van der Waals surface area (Å²) < 4.78 is 15.7. The van der Waals surface area contributed by atoms with Gasteiger partial charge in [0, 0.05) is 19.7 Å². The van der Waals surface area contributed by atoms with E-state index in [4.69, 9.17) is 14.2 Å². The van der Waals surface area contributed by atoms with Gasteiger partial charge in [-0.2, -0.15) is 0 Å². The van der Waals surface area contributed by atoms with Crippen molar-refractivity contribution in [2.45, 2.75) is 33.3 Å². The Hall–Kier alpha value is -1.95. The van der Waals surface area contributed by atoms with Gasteiger partial charge in [0.15, 0.2) is 0 Å². The van der Waals surface area contributed by atoms with Crippen molar-refractivity contribution in [3.63, 3.8) is 0 Å². The molecule has 0 fully saturated rings. The third kappa shape index (κ3) is 7.23. The molecular formula is C17H28N2O4. The number of ether oxygens (including phenoxy) is 3. The number of benzene rings is 1. The summed E-state index contributed by atoms with van der Waals surface area (Å²) in [5.41, 5.74) is 0.875. The molecule has 23 heavy (non-hydrogen) atoms. The largest absolute Gasteiger partial charge is 0.497 e. The van der Waals surface area contributed by atoms with Crippen LogP contribution in [0.15, 0.2) is 18.2 Å². The van der Waals surface area contributed by atoms with Crippen LogP contribution in [-0.2, 0) is 9.47 Å². The normalized spacial score (nSPS) is 12.4. The van der Waals surface area contributed by atoms with Gasteiger partial charge in [0.05, 0.1) is 25.1 Å². The van der Waals surface area contributed by atoms with Crippen LogP contribution in [0.2, 0.25) is 0 Å². The highest BCUT2D eigenvalue weighted by Crippen LogP contribution is 2.28. The number of hydrogen-bond acceptors (Lipinski definition) is 5. The molecule has 0 aliphatic carbocycles. The Morgan fingerprint density at radius 1 is 1.22 bits per heavy atom. The first kappa shape index (κ1) is 19.1. The Kier molecular flexibility index (Phi) is 7.16. The lowest BCUT2D eigenvalue weighted by Gasteiger charge is -2.21. The van der Waals surface area contributed by atoms with Crippen molar-refractivity contribution in [1.29, 1.82) is 0 Å². The number of rotatable bonds is 7. The van der Waals surface area contributed by atoms with E-state index in [0.717, 1.165) is 5.69 Å². The maximum absolute atomic E-state index is 12.0. The Balaban J connectivity index is 2.82. The van der Waals surface area contributed by atoms with E-state index >= 15 is 0 Å². The minimum absolute atomic E-state index is 0.334. The van der Waals surface area contributed by atoms with Crippen molar-refractivity contribution in [3.8, 4) is 5.75 Å². The quantitative estimate of drug-likeness (QED) is 0.799. The summed E-state index contributed by atoms with van der Waals surface area (Å²) in [6.45, 7) is 8.93. The van der Waals surface area contributed by atoms with Crippen LogP contribution in [0.1, 0.15) is 27.7 Å².